The summed E-state index contributed by atoms with van der Waals surface area (Å²) in [4.78, 5) is 18.5. The fourth-order valence-electron chi connectivity index (χ4n) is 2.45. The zero-order valence-electron chi connectivity index (χ0n) is 13.8. The molecule has 1 aliphatic heterocycles. The molecule has 0 aromatic carbocycles. The maximum atomic E-state index is 11.9. The summed E-state index contributed by atoms with van der Waals surface area (Å²) in [5, 5.41) is 6.59. The van der Waals surface area contributed by atoms with Crippen LogP contribution in [0.3, 0.4) is 0 Å². The number of aliphatic imine (C=N–C) groups is 1. The van der Waals surface area contributed by atoms with E-state index < -0.39 is 0 Å². The number of hydrogen-bond acceptors (Lipinski definition) is 2. The average Bonchev–Trinajstić information content (AvgIpc) is 2.68. The Kier molecular flexibility index (Phi) is 9.66. The first-order valence-electron chi connectivity index (χ1n) is 8.57. The van der Waals surface area contributed by atoms with Crippen molar-refractivity contribution < 1.29 is 4.79 Å². The maximum absolute atomic E-state index is 11.9. The van der Waals surface area contributed by atoms with E-state index in [1.54, 1.807) is 0 Å². The highest BCUT2D eigenvalue weighted by molar-refractivity contribution is 5.79. The minimum Gasteiger partial charge on any atom is -0.357 e. The highest BCUT2D eigenvalue weighted by Crippen LogP contribution is 2.11. The first kappa shape index (κ1) is 17.8. The highest BCUT2D eigenvalue weighted by Gasteiger charge is 2.15. The van der Waals surface area contributed by atoms with Crippen LogP contribution in [0.2, 0.25) is 0 Å². The van der Waals surface area contributed by atoms with Gasteiger partial charge in [-0.2, -0.15) is 0 Å². The predicted octanol–water partition coefficient (Wildman–Crippen LogP) is 2.13. The summed E-state index contributed by atoms with van der Waals surface area (Å²) in [6.45, 7) is 8.64. The van der Waals surface area contributed by atoms with E-state index in [-0.39, 0.29) is 0 Å². The van der Waals surface area contributed by atoms with Gasteiger partial charge in [0.1, 0.15) is 0 Å². The van der Waals surface area contributed by atoms with E-state index in [1.807, 2.05) is 4.90 Å². The molecule has 2 N–H and O–H groups in total. The molecule has 0 spiro atoms. The number of nitrogens with one attached hydrogen (secondary N) is 2. The lowest BCUT2D eigenvalue weighted by Crippen LogP contribution is -2.38. The standard InChI is InChI=1S/C16H32N4O/c1-3-5-11-18-16(17-4-2)19-12-9-14-20-13-8-6-7-10-15(20)21/h3-14H2,1-2H3,(H2,17,18,19). The molecule has 0 radical (unpaired) electrons. The number of unbranched alkanes of at least 4 members (excludes halogenated alkanes) is 1. The predicted molar refractivity (Wildman–Crippen MR) is 88.6 cm³/mol. The van der Waals surface area contributed by atoms with Crippen molar-refractivity contribution in [2.75, 3.05) is 32.7 Å². The maximum Gasteiger partial charge on any atom is 0.222 e. The number of amides is 1. The zero-order valence-corrected chi connectivity index (χ0v) is 13.8. The Bertz CT molecular complexity index is 317. The average molecular weight is 296 g/mol. The van der Waals surface area contributed by atoms with Gasteiger partial charge in [-0.15, -0.1) is 0 Å². The summed E-state index contributed by atoms with van der Waals surface area (Å²) >= 11 is 0. The fraction of sp³-hybridized carbons (Fsp3) is 0.875. The van der Waals surface area contributed by atoms with Crippen LogP contribution >= 0.6 is 0 Å². The van der Waals surface area contributed by atoms with Gasteiger partial charge < -0.3 is 15.5 Å². The summed E-state index contributed by atoms with van der Waals surface area (Å²) < 4.78 is 0. The topological polar surface area (TPSA) is 56.7 Å². The molecular formula is C16H32N4O. The summed E-state index contributed by atoms with van der Waals surface area (Å²) in [6, 6.07) is 0. The van der Waals surface area contributed by atoms with Crippen molar-refractivity contribution in [1.82, 2.24) is 15.5 Å². The van der Waals surface area contributed by atoms with Crippen LogP contribution in [0.5, 0.6) is 0 Å². The van der Waals surface area contributed by atoms with E-state index in [0.717, 1.165) is 70.8 Å². The van der Waals surface area contributed by atoms with Crippen LogP contribution in [0, 0.1) is 0 Å². The minimum absolute atomic E-state index is 0.324. The number of guanidine groups is 1. The van der Waals surface area contributed by atoms with Gasteiger partial charge in [-0.05, 0) is 32.6 Å². The quantitative estimate of drug-likeness (QED) is 0.410. The van der Waals surface area contributed by atoms with Gasteiger partial charge in [0, 0.05) is 39.1 Å². The Balaban J connectivity index is 2.27. The SMILES string of the molecule is CCCCNC(=NCCCN1CCCCCC1=O)NCC. The Morgan fingerprint density at radius 2 is 2.05 bits per heavy atom. The molecule has 5 nitrogen and oxygen atoms in total. The second-order valence-corrected chi connectivity index (χ2v) is 5.59. The van der Waals surface area contributed by atoms with Crippen LogP contribution in [0.25, 0.3) is 0 Å². The molecule has 0 unspecified atom stereocenters. The number of carbonyl (C=O) groups is 1. The van der Waals surface area contributed by atoms with Crippen LogP contribution in [0.15, 0.2) is 4.99 Å². The third-order valence-electron chi connectivity index (χ3n) is 3.69. The van der Waals surface area contributed by atoms with Crippen molar-refractivity contribution in [2.24, 2.45) is 4.99 Å². The Labute approximate surface area is 129 Å². The molecule has 0 saturated carbocycles. The van der Waals surface area contributed by atoms with Crippen LogP contribution in [-0.4, -0.2) is 49.5 Å². The third-order valence-corrected chi connectivity index (χ3v) is 3.69. The van der Waals surface area contributed by atoms with Crippen molar-refractivity contribution in [3.63, 3.8) is 0 Å². The van der Waals surface area contributed by atoms with Crippen LogP contribution < -0.4 is 10.6 Å². The van der Waals surface area contributed by atoms with Crippen LogP contribution in [0.4, 0.5) is 0 Å². The first-order chi connectivity index (χ1) is 10.3. The number of likely N-dealkylation sites (tertiary alicyclic amines) is 1. The molecule has 1 fully saturated rings. The van der Waals surface area contributed by atoms with Crippen LogP contribution in [0.1, 0.15) is 58.8 Å². The molecule has 1 aliphatic rings. The lowest BCUT2D eigenvalue weighted by atomic mass is 10.2. The van der Waals surface area contributed by atoms with Gasteiger partial charge in [-0.3, -0.25) is 9.79 Å². The molecule has 21 heavy (non-hydrogen) atoms. The number of carbonyl (C=O) groups excluding carboxylic acids is 1. The zero-order chi connectivity index (χ0) is 15.3. The molecule has 0 aromatic rings. The largest absolute Gasteiger partial charge is 0.357 e. The Morgan fingerprint density at radius 1 is 1.19 bits per heavy atom. The molecule has 1 rings (SSSR count). The van der Waals surface area contributed by atoms with Crippen molar-refractivity contribution >= 4 is 11.9 Å². The van der Waals surface area contributed by atoms with Gasteiger partial charge in [-0.25, -0.2) is 0 Å². The van der Waals surface area contributed by atoms with Crippen molar-refractivity contribution in [1.29, 1.82) is 0 Å². The molecule has 1 amide bonds. The minimum atomic E-state index is 0.324. The molecule has 0 aromatic heterocycles. The lowest BCUT2D eigenvalue weighted by Gasteiger charge is -2.20. The van der Waals surface area contributed by atoms with Gasteiger partial charge in [0.2, 0.25) is 5.91 Å². The number of hydrogen-bond donors (Lipinski definition) is 2. The van der Waals surface area contributed by atoms with Crippen LogP contribution in [-0.2, 0) is 4.79 Å². The van der Waals surface area contributed by atoms with Crippen molar-refractivity contribution in [2.45, 2.75) is 58.8 Å². The first-order valence-corrected chi connectivity index (χ1v) is 8.57. The highest BCUT2D eigenvalue weighted by atomic mass is 16.2. The van der Waals surface area contributed by atoms with Gasteiger partial charge >= 0.3 is 0 Å². The van der Waals surface area contributed by atoms with E-state index in [4.69, 9.17) is 0 Å². The Hall–Kier alpha value is -1.26. The second kappa shape index (κ2) is 11.4. The van der Waals surface area contributed by atoms with Crippen molar-refractivity contribution in [3.05, 3.63) is 0 Å². The summed E-state index contributed by atoms with van der Waals surface area (Å²) in [7, 11) is 0. The van der Waals surface area contributed by atoms with E-state index in [1.165, 1.54) is 12.8 Å². The summed E-state index contributed by atoms with van der Waals surface area (Å²) in [5.74, 6) is 1.22. The molecule has 5 heteroatoms. The molecule has 0 atom stereocenters. The number of rotatable bonds is 8. The monoisotopic (exact) mass is 296 g/mol. The molecule has 0 aliphatic carbocycles. The van der Waals surface area contributed by atoms with Crippen molar-refractivity contribution in [3.8, 4) is 0 Å². The normalized spacial score (nSPS) is 16.8. The fourth-order valence-corrected chi connectivity index (χ4v) is 2.45. The molecule has 1 saturated heterocycles. The molecule has 122 valence electrons. The summed E-state index contributed by atoms with van der Waals surface area (Å²) in [5.41, 5.74) is 0. The number of nitrogens with zero attached hydrogens (tertiary/aromatic N) is 2. The summed E-state index contributed by atoms with van der Waals surface area (Å²) in [6.07, 6.45) is 7.40. The lowest BCUT2D eigenvalue weighted by molar-refractivity contribution is -0.130. The third kappa shape index (κ3) is 7.93. The van der Waals surface area contributed by atoms with Gasteiger partial charge in [0.15, 0.2) is 5.96 Å². The van der Waals surface area contributed by atoms with E-state index in [9.17, 15) is 4.79 Å². The molecular weight excluding hydrogens is 264 g/mol. The second-order valence-electron chi connectivity index (χ2n) is 5.59. The van der Waals surface area contributed by atoms with Gasteiger partial charge in [-0.1, -0.05) is 19.8 Å². The van der Waals surface area contributed by atoms with E-state index >= 15 is 0 Å². The van der Waals surface area contributed by atoms with Gasteiger partial charge in [0.05, 0.1) is 0 Å². The smallest absolute Gasteiger partial charge is 0.222 e. The molecule has 0 bridgehead atoms. The molecule has 1 heterocycles. The Morgan fingerprint density at radius 3 is 2.81 bits per heavy atom. The van der Waals surface area contributed by atoms with E-state index in [0.29, 0.717) is 5.91 Å². The van der Waals surface area contributed by atoms with E-state index in [2.05, 4.69) is 29.5 Å². The van der Waals surface area contributed by atoms with Gasteiger partial charge in [0.25, 0.3) is 0 Å².